The van der Waals surface area contributed by atoms with Gasteiger partial charge in [0.1, 0.15) is 23.9 Å². The third-order valence-electron chi connectivity index (χ3n) is 4.44. The Morgan fingerprint density at radius 1 is 0.964 bits per heavy atom. The molecule has 0 aliphatic heterocycles. The molecule has 0 bridgehead atoms. The molecular formula is C23H23BrFNO2. The maximum atomic E-state index is 14.6. The molecule has 3 rings (SSSR count). The fourth-order valence-electron chi connectivity index (χ4n) is 3.01. The second kappa shape index (κ2) is 8.31. The first-order valence-corrected chi connectivity index (χ1v) is 9.78. The van der Waals surface area contributed by atoms with Crippen molar-refractivity contribution in [2.24, 2.45) is 0 Å². The van der Waals surface area contributed by atoms with Gasteiger partial charge in [0.05, 0.1) is 13.3 Å². The first-order chi connectivity index (χ1) is 13.3. The van der Waals surface area contributed by atoms with Gasteiger partial charge in [-0.2, -0.15) is 0 Å². The number of ether oxygens (including phenoxy) is 2. The van der Waals surface area contributed by atoms with Crippen molar-refractivity contribution in [2.75, 3.05) is 7.11 Å². The van der Waals surface area contributed by atoms with E-state index in [4.69, 9.17) is 9.47 Å². The van der Waals surface area contributed by atoms with E-state index in [2.05, 4.69) is 47.8 Å². The number of hydrogen-bond acceptors (Lipinski definition) is 3. The van der Waals surface area contributed by atoms with Gasteiger partial charge in [-0.3, -0.25) is 4.98 Å². The summed E-state index contributed by atoms with van der Waals surface area (Å²) in [5, 5.41) is 0. The minimum absolute atomic E-state index is 0.168. The summed E-state index contributed by atoms with van der Waals surface area (Å²) in [6, 6.07) is 12.7. The summed E-state index contributed by atoms with van der Waals surface area (Å²) in [4.78, 5) is 4.11. The normalized spacial score (nSPS) is 11.4. The van der Waals surface area contributed by atoms with Crippen LogP contribution in [0.5, 0.6) is 11.5 Å². The van der Waals surface area contributed by atoms with Gasteiger partial charge in [-0.05, 0) is 62.3 Å². The monoisotopic (exact) mass is 443 g/mol. The molecule has 3 aromatic rings. The van der Waals surface area contributed by atoms with E-state index in [1.54, 1.807) is 31.6 Å². The zero-order valence-corrected chi connectivity index (χ0v) is 18.0. The van der Waals surface area contributed by atoms with Gasteiger partial charge in [0.25, 0.3) is 0 Å². The fraction of sp³-hybridized carbons (Fsp3) is 0.261. The summed E-state index contributed by atoms with van der Waals surface area (Å²) in [6.45, 7) is 6.76. The number of halogens is 2. The molecule has 0 saturated heterocycles. The summed E-state index contributed by atoms with van der Waals surface area (Å²) in [7, 11) is 1.58. The molecule has 28 heavy (non-hydrogen) atoms. The van der Waals surface area contributed by atoms with Gasteiger partial charge >= 0.3 is 0 Å². The molecule has 2 aromatic carbocycles. The minimum Gasteiger partial charge on any atom is -0.497 e. The topological polar surface area (TPSA) is 31.4 Å². The Morgan fingerprint density at radius 2 is 1.75 bits per heavy atom. The Morgan fingerprint density at radius 3 is 2.43 bits per heavy atom. The van der Waals surface area contributed by atoms with Crippen molar-refractivity contribution in [3.8, 4) is 22.6 Å². The van der Waals surface area contributed by atoms with E-state index in [1.165, 1.54) is 6.07 Å². The van der Waals surface area contributed by atoms with E-state index in [0.717, 1.165) is 21.2 Å². The molecule has 1 aromatic heterocycles. The molecule has 5 heteroatoms. The Bertz CT molecular complexity index is 983. The molecule has 0 amide bonds. The van der Waals surface area contributed by atoms with Crippen LogP contribution in [-0.2, 0) is 12.0 Å². The van der Waals surface area contributed by atoms with Gasteiger partial charge in [0.15, 0.2) is 0 Å². The highest BCUT2D eigenvalue weighted by atomic mass is 79.9. The highest BCUT2D eigenvalue weighted by molar-refractivity contribution is 9.10. The zero-order valence-electron chi connectivity index (χ0n) is 16.4. The van der Waals surface area contributed by atoms with Crippen molar-refractivity contribution in [1.82, 2.24) is 4.98 Å². The Labute approximate surface area is 173 Å². The average molecular weight is 444 g/mol. The van der Waals surface area contributed by atoms with Crippen molar-refractivity contribution in [3.05, 3.63) is 76.3 Å². The van der Waals surface area contributed by atoms with E-state index >= 15 is 0 Å². The van der Waals surface area contributed by atoms with Gasteiger partial charge in [0, 0.05) is 16.2 Å². The lowest BCUT2D eigenvalue weighted by Crippen LogP contribution is -2.14. The Balaban J connectivity index is 1.97. The van der Waals surface area contributed by atoms with Crippen LogP contribution in [0.1, 0.15) is 31.9 Å². The van der Waals surface area contributed by atoms with Crippen LogP contribution in [0.2, 0.25) is 0 Å². The van der Waals surface area contributed by atoms with Crippen LogP contribution in [-0.4, -0.2) is 12.1 Å². The quantitative estimate of drug-likeness (QED) is 0.448. The van der Waals surface area contributed by atoms with Crippen LogP contribution in [0, 0.1) is 5.82 Å². The third-order valence-corrected chi connectivity index (χ3v) is 4.87. The second-order valence-electron chi connectivity index (χ2n) is 7.60. The molecule has 146 valence electrons. The molecule has 0 aliphatic rings. The van der Waals surface area contributed by atoms with E-state index in [0.29, 0.717) is 23.7 Å². The molecule has 0 radical (unpaired) electrons. The van der Waals surface area contributed by atoms with Crippen LogP contribution in [0.15, 0.2) is 59.3 Å². The lowest BCUT2D eigenvalue weighted by Gasteiger charge is -2.24. The summed E-state index contributed by atoms with van der Waals surface area (Å²) in [5.74, 6) is 1.05. The largest absolute Gasteiger partial charge is 0.497 e. The van der Waals surface area contributed by atoms with E-state index in [1.807, 2.05) is 18.2 Å². The molecule has 0 N–H and O–H groups in total. The third kappa shape index (κ3) is 4.71. The zero-order chi connectivity index (χ0) is 20.3. The number of rotatable bonds is 5. The number of benzene rings is 2. The number of hydrogen-bond donors (Lipinski definition) is 0. The SMILES string of the molecule is COc1ccc(F)c(-c2ccc(COc3cncc(Br)c3)cc2C(C)(C)C)c1. The van der Waals surface area contributed by atoms with Crippen molar-refractivity contribution in [2.45, 2.75) is 32.8 Å². The van der Waals surface area contributed by atoms with E-state index < -0.39 is 0 Å². The lowest BCUT2D eigenvalue weighted by atomic mass is 9.81. The summed E-state index contributed by atoms with van der Waals surface area (Å²) < 4.78 is 26.6. The number of methoxy groups -OCH3 is 1. The summed E-state index contributed by atoms with van der Waals surface area (Å²) >= 11 is 3.39. The van der Waals surface area contributed by atoms with Crippen LogP contribution < -0.4 is 9.47 Å². The van der Waals surface area contributed by atoms with Gasteiger partial charge in [-0.25, -0.2) is 4.39 Å². The second-order valence-corrected chi connectivity index (χ2v) is 8.52. The van der Waals surface area contributed by atoms with Crippen LogP contribution in [0.25, 0.3) is 11.1 Å². The highest BCUT2D eigenvalue weighted by Crippen LogP contribution is 2.36. The molecule has 1 heterocycles. The first-order valence-electron chi connectivity index (χ1n) is 8.98. The van der Waals surface area contributed by atoms with Crippen molar-refractivity contribution >= 4 is 15.9 Å². The molecular weight excluding hydrogens is 421 g/mol. The van der Waals surface area contributed by atoms with Crippen molar-refractivity contribution < 1.29 is 13.9 Å². The molecule has 0 unspecified atom stereocenters. The molecule has 0 aliphatic carbocycles. The smallest absolute Gasteiger partial charge is 0.139 e. The maximum absolute atomic E-state index is 14.6. The van der Waals surface area contributed by atoms with E-state index in [-0.39, 0.29) is 11.2 Å². The highest BCUT2D eigenvalue weighted by Gasteiger charge is 2.21. The van der Waals surface area contributed by atoms with Gasteiger partial charge < -0.3 is 9.47 Å². The van der Waals surface area contributed by atoms with Crippen molar-refractivity contribution in [1.29, 1.82) is 0 Å². The van der Waals surface area contributed by atoms with Gasteiger partial charge in [0.2, 0.25) is 0 Å². The fourth-order valence-corrected chi connectivity index (χ4v) is 3.36. The summed E-state index contributed by atoms with van der Waals surface area (Å²) in [6.07, 6.45) is 3.39. The summed E-state index contributed by atoms with van der Waals surface area (Å²) in [5.41, 5.74) is 3.29. The van der Waals surface area contributed by atoms with Gasteiger partial charge in [-0.15, -0.1) is 0 Å². The van der Waals surface area contributed by atoms with Crippen LogP contribution in [0.4, 0.5) is 4.39 Å². The van der Waals surface area contributed by atoms with Crippen molar-refractivity contribution in [3.63, 3.8) is 0 Å². The average Bonchev–Trinajstić information content (AvgIpc) is 2.66. The molecule has 0 spiro atoms. The molecule has 0 fully saturated rings. The van der Waals surface area contributed by atoms with Crippen LogP contribution >= 0.6 is 15.9 Å². The molecule has 0 atom stereocenters. The van der Waals surface area contributed by atoms with Gasteiger partial charge in [-0.1, -0.05) is 39.0 Å². The maximum Gasteiger partial charge on any atom is 0.139 e. The Hall–Kier alpha value is -2.40. The van der Waals surface area contributed by atoms with E-state index in [9.17, 15) is 4.39 Å². The minimum atomic E-state index is -0.268. The standard InChI is InChI=1S/C23H23BrFNO2/c1-23(2,3)21-9-15(14-28-18-10-16(24)12-26-13-18)5-7-19(21)20-11-17(27-4)6-8-22(20)25/h5-13H,14H2,1-4H3. The molecule has 3 nitrogen and oxygen atoms in total. The van der Waals surface area contributed by atoms with Crippen LogP contribution in [0.3, 0.4) is 0 Å². The predicted octanol–water partition coefficient (Wildman–Crippen LogP) is 6.54. The molecule has 0 saturated carbocycles. The number of nitrogens with zero attached hydrogens (tertiary/aromatic N) is 1. The number of aromatic nitrogens is 1. The predicted molar refractivity (Wildman–Crippen MR) is 113 cm³/mol. The number of pyridine rings is 1. The Kier molecular flexibility index (Phi) is 6.04. The lowest BCUT2D eigenvalue weighted by molar-refractivity contribution is 0.304. The first kappa shape index (κ1) is 20.3.